The molecule has 0 radical (unpaired) electrons. The Morgan fingerprint density at radius 3 is 2.52 bits per heavy atom. The molecule has 204 valence electrons. The number of imide groups is 1. The number of carbonyl (C=O) groups is 3. The van der Waals surface area contributed by atoms with E-state index in [2.05, 4.69) is 12.2 Å². The van der Waals surface area contributed by atoms with Gasteiger partial charge in [0.25, 0.3) is 11.1 Å². The molecule has 40 heavy (non-hydrogen) atoms. The number of nitrogens with one attached hydrogen (secondary N) is 1. The molecule has 0 spiro atoms. The zero-order chi connectivity index (χ0) is 27.9. The molecule has 5 rings (SSSR count). The summed E-state index contributed by atoms with van der Waals surface area (Å²) < 4.78 is 23.0. The van der Waals surface area contributed by atoms with Crippen molar-refractivity contribution < 1.29 is 33.3 Å². The van der Waals surface area contributed by atoms with Gasteiger partial charge in [-0.2, -0.15) is 0 Å². The Morgan fingerprint density at radius 2 is 1.75 bits per heavy atom. The standard InChI is InChI=1S/C31H27NO7S/c1-2-3-7-29(38-23-12-8-21(9-13-23)17-28-30(34)32-31(35)40-28)39-24-6-4-5-22(18-24)25(33)14-10-20-11-15-26-27(16-20)37-19-36-26/h4-6,8-18,29H,2-3,7,19H2,1H3,(H,32,34,35)/b14-10+,28-17+. The molecule has 0 aromatic heterocycles. The van der Waals surface area contributed by atoms with Gasteiger partial charge in [-0.1, -0.05) is 49.8 Å². The van der Waals surface area contributed by atoms with E-state index < -0.39 is 12.2 Å². The summed E-state index contributed by atoms with van der Waals surface area (Å²) in [5.74, 6) is 1.92. The van der Waals surface area contributed by atoms with Crippen molar-refractivity contribution in [2.24, 2.45) is 0 Å². The quantitative estimate of drug-likeness (QED) is 0.160. The van der Waals surface area contributed by atoms with E-state index in [1.54, 1.807) is 48.6 Å². The normalized spacial score (nSPS) is 15.9. The fraction of sp³-hybridized carbons (Fsp3) is 0.194. The number of hydrogen-bond donors (Lipinski definition) is 1. The highest BCUT2D eigenvalue weighted by Gasteiger charge is 2.25. The van der Waals surface area contributed by atoms with E-state index >= 15 is 0 Å². The van der Waals surface area contributed by atoms with E-state index in [-0.39, 0.29) is 17.8 Å². The predicted octanol–water partition coefficient (Wildman–Crippen LogP) is 6.61. The van der Waals surface area contributed by atoms with Crippen LogP contribution in [0.5, 0.6) is 23.0 Å². The van der Waals surface area contributed by atoms with Crippen LogP contribution < -0.4 is 24.3 Å². The molecule has 1 fully saturated rings. The number of allylic oxidation sites excluding steroid dienone is 1. The van der Waals surface area contributed by atoms with Gasteiger partial charge in [-0.3, -0.25) is 19.7 Å². The van der Waals surface area contributed by atoms with E-state index in [0.29, 0.717) is 39.9 Å². The second-order valence-corrected chi connectivity index (χ2v) is 10.1. The molecule has 0 aliphatic carbocycles. The Morgan fingerprint density at radius 1 is 0.975 bits per heavy atom. The van der Waals surface area contributed by atoms with E-state index in [0.717, 1.165) is 35.7 Å². The predicted molar refractivity (Wildman–Crippen MR) is 152 cm³/mol. The molecule has 9 heteroatoms. The van der Waals surface area contributed by atoms with Gasteiger partial charge in [-0.05, 0) is 77.9 Å². The van der Waals surface area contributed by atoms with Gasteiger partial charge in [-0.15, -0.1) is 0 Å². The van der Waals surface area contributed by atoms with E-state index in [1.807, 2.05) is 30.3 Å². The van der Waals surface area contributed by atoms with Crippen molar-refractivity contribution in [1.82, 2.24) is 5.32 Å². The van der Waals surface area contributed by atoms with Crippen LogP contribution in [0.4, 0.5) is 4.79 Å². The second kappa shape index (κ2) is 12.6. The Labute approximate surface area is 236 Å². The van der Waals surface area contributed by atoms with Crippen LogP contribution in [0.3, 0.4) is 0 Å². The van der Waals surface area contributed by atoms with E-state index in [9.17, 15) is 14.4 Å². The van der Waals surface area contributed by atoms with Gasteiger partial charge in [0.1, 0.15) is 11.5 Å². The van der Waals surface area contributed by atoms with Crippen LogP contribution in [-0.4, -0.2) is 30.0 Å². The topological polar surface area (TPSA) is 100 Å². The van der Waals surface area contributed by atoms with Crippen LogP contribution in [0.2, 0.25) is 0 Å². The fourth-order valence-corrected chi connectivity index (χ4v) is 4.72. The zero-order valence-electron chi connectivity index (χ0n) is 21.8. The summed E-state index contributed by atoms with van der Waals surface area (Å²) >= 11 is 0.875. The molecule has 1 unspecified atom stereocenters. The van der Waals surface area contributed by atoms with E-state index in [4.69, 9.17) is 18.9 Å². The van der Waals surface area contributed by atoms with Crippen molar-refractivity contribution >= 4 is 40.8 Å². The number of carbonyl (C=O) groups excluding carboxylic acids is 3. The lowest BCUT2D eigenvalue weighted by Crippen LogP contribution is -2.24. The van der Waals surface area contributed by atoms with Gasteiger partial charge >= 0.3 is 0 Å². The van der Waals surface area contributed by atoms with Gasteiger partial charge < -0.3 is 18.9 Å². The Hall–Kier alpha value is -4.50. The molecule has 2 heterocycles. The van der Waals surface area contributed by atoms with Crippen LogP contribution in [0, 0.1) is 0 Å². The van der Waals surface area contributed by atoms with Gasteiger partial charge in [0.05, 0.1) is 4.91 Å². The first-order valence-electron chi connectivity index (χ1n) is 12.9. The third-order valence-corrected chi connectivity index (χ3v) is 6.90. The Kier molecular flexibility index (Phi) is 8.51. The molecule has 0 saturated carbocycles. The third-order valence-electron chi connectivity index (χ3n) is 6.09. The van der Waals surface area contributed by atoms with Crippen molar-refractivity contribution in [3.63, 3.8) is 0 Å². The summed E-state index contributed by atoms with van der Waals surface area (Å²) in [5, 5.41) is 1.87. The summed E-state index contributed by atoms with van der Waals surface area (Å²) in [4.78, 5) is 36.4. The number of rotatable bonds is 11. The molecule has 1 saturated heterocycles. The minimum atomic E-state index is -0.563. The third kappa shape index (κ3) is 6.92. The highest BCUT2D eigenvalue weighted by molar-refractivity contribution is 8.18. The molecule has 0 bridgehead atoms. The van der Waals surface area contributed by atoms with Crippen LogP contribution in [0.15, 0.2) is 77.7 Å². The molecule has 2 aliphatic heterocycles. The highest BCUT2D eigenvalue weighted by Crippen LogP contribution is 2.33. The Balaban J connectivity index is 1.23. The number of ketones is 1. The van der Waals surface area contributed by atoms with Crippen LogP contribution in [0.25, 0.3) is 12.2 Å². The number of hydrogen-bond acceptors (Lipinski definition) is 8. The maximum Gasteiger partial charge on any atom is 0.290 e. The van der Waals surface area contributed by atoms with Crippen molar-refractivity contribution in [2.75, 3.05) is 6.79 Å². The van der Waals surface area contributed by atoms with Gasteiger partial charge in [0, 0.05) is 12.0 Å². The largest absolute Gasteiger partial charge is 0.455 e. The fourth-order valence-electron chi connectivity index (χ4n) is 4.04. The molecule has 8 nitrogen and oxygen atoms in total. The van der Waals surface area contributed by atoms with Crippen LogP contribution >= 0.6 is 11.8 Å². The van der Waals surface area contributed by atoms with E-state index in [1.165, 1.54) is 6.08 Å². The number of fused-ring (bicyclic) bond motifs is 1. The average Bonchev–Trinajstić information content (AvgIpc) is 3.56. The monoisotopic (exact) mass is 557 g/mol. The summed E-state index contributed by atoms with van der Waals surface area (Å²) in [6.07, 6.45) is 6.87. The molecular formula is C31H27NO7S. The first-order chi connectivity index (χ1) is 19.5. The maximum absolute atomic E-state index is 12.9. The zero-order valence-corrected chi connectivity index (χ0v) is 22.6. The lowest BCUT2D eigenvalue weighted by atomic mass is 10.1. The van der Waals surface area contributed by atoms with Crippen LogP contribution in [0.1, 0.15) is 47.7 Å². The molecule has 3 aromatic carbocycles. The van der Waals surface area contributed by atoms with Crippen LogP contribution in [-0.2, 0) is 4.79 Å². The molecule has 2 aliphatic rings. The maximum atomic E-state index is 12.9. The minimum absolute atomic E-state index is 0.158. The summed E-state index contributed by atoms with van der Waals surface area (Å²) in [6.45, 7) is 2.29. The molecule has 2 amide bonds. The molecular weight excluding hydrogens is 530 g/mol. The smallest absolute Gasteiger partial charge is 0.290 e. The second-order valence-electron chi connectivity index (χ2n) is 9.07. The van der Waals surface area contributed by atoms with Crippen molar-refractivity contribution in [2.45, 2.75) is 32.5 Å². The van der Waals surface area contributed by atoms with Gasteiger partial charge in [0.15, 0.2) is 17.3 Å². The van der Waals surface area contributed by atoms with Gasteiger partial charge in [-0.25, -0.2) is 0 Å². The number of amides is 2. The summed E-state index contributed by atoms with van der Waals surface area (Å²) in [6, 6.07) is 19.7. The summed E-state index contributed by atoms with van der Waals surface area (Å²) in [5.41, 5.74) is 2.10. The summed E-state index contributed by atoms with van der Waals surface area (Å²) in [7, 11) is 0. The first kappa shape index (κ1) is 27.1. The molecule has 1 atom stereocenters. The Bertz CT molecular complexity index is 1480. The number of benzene rings is 3. The van der Waals surface area contributed by atoms with Crippen molar-refractivity contribution in [3.05, 3.63) is 94.4 Å². The van der Waals surface area contributed by atoms with Crippen molar-refractivity contribution in [3.8, 4) is 23.0 Å². The number of thioether (sulfide) groups is 1. The SMILES string of the molecule is CCCCC(Oc1ccc(/C=C2/SC(=O)NC2=O)cc1)Oc1cccc(C(=O)/C=C/c2ccc3c(c2)OCO3)c1. The molecule has 3 aromatic rings. The number of ether oxygens (including phenoxy) is 4. The number of unbranched alkanes of at least 4 members (excludes halogenated alkanes) is 1. The molecule has 1 N–H and O–H groups in total. The average molecular weight is 558 g/mol. The minimum Gasteiger partial charge on any atom is -0.455 e. The van der Waals surface area contributed by atoms with Gasteiger partial charge in [0.2, 0.25) is 13.1 Å². The van der Waals surface area contributed by atoms with Crippen molar-refractivity contribution in [1.29, 1.82) is 0 Å². The lowest BCUT2D eigenvalue weighted by Gasteiger charge is -2.21. The lowest BCUT2D eigenvalue weighted by molar-refractivity contribution is -0.115. The first-order valence-corrected chi connectivity index (χ1v) is 13.7. The highest BCUT2D eigenvalue weighted by atomic mass is 32.2.